The van der Waals surface area contributed by atoms with Crippen molar-refractivity contribution in [3.8, 4) is 0 Å². The molecule has 5 nitrogen and oxygen atoms in total. The lowest BCUT2D eigenvalue weighted by atomic mass is 10.4. The maximum atomic E-state index is 4.26. The van der Waals surface area contributed by atoms with Crippen molar-refractivity contribution in [3.05, 3.63) is 49.1 Å². The largest absolute Gasteiger partial charge is 0.371 e. The molecule has 0 spiro atoms. The number of anilines is 1. The summed E-state index contributed by atoms with van der Waals surface area (Å²) in [5.74, 6) is 1.07. The van der Waals surface area contributed by atoms with Crippen LogP contribution in [0.5, 0.6) is 0 Å². The molecule has 18 heavy (non-hydrogen) atoms. The van der Waals surface area contributed by atoms with Gasteiger partial charge in [0.2, 0.25) is 0 Å². The zero-order valence-corrected chi connectivity index (χ0v) is 10.0. The standard InChI is InChI=1S/C13H15N5/c1-4-12(18-11-8-15-13(18)5-1)14-6-2-9-17-10-3-7-16-17/h1,3-5,7-8,10-11,14H,2,6,9H2. The predicted molar refractivity (Wildman–Crippen MR) is 70.5 cm³/mol. The fourth-order valence-electron chi connectivity index (χ4n) is 1.98. The summed E-state index contributed by atoms with van der Waals surface area (Å²) >= 11 is 0. The molecule has 0 unspecified atom stereocenters. The normalized spacial score (nSPS) is 10.9. The smallest absolute Gasteiger partial charge is 0.138 e. The lowest BCUT2D eigenvalue weighted by Crippen LogP contribution is -2.09. The van der Waals surface area contributed by atoms with Gasteiger partial charge < -0.3 is 5.32 Å². The Bertz CT molecular complexity index is 611. The SMILES string of the molecule is c1cc(NCCCn2cccn2)n2ccnc2c1. The van der Waals surface area contributed by atoms with Crippen molar-refractivity contribution in [2.75, 3.05) is 11.9 Å². The molecule has 3 aromatic heterocycles. The van der Waals surface area contributed by atoms with E-state index < -0.39 is 0 Å². The van der Waals surface area contributed by atoms with Crippen LogP contribution >= 0.6 is 0 Å². The fourth-order valence-corrected chi connectivity index (χ4v) is 1.98. The highest BCUT2D eigenvalue weighted by molar-refractivity contribution is 5.49. The Kier molecular flexibility index (Phi) is 2.96. The molecule has 0 bridgehead atoms. The lowest BCUT2D eigenvalue weighted by molar-refractivity contribution is 0.591. The van der Waals surface area contributed by atoms with Crippen molar-refractivity contribution in [3.63, 3.8) is 0 Å². The number of nitrogens with zero attached hydrogens (tertiary/aromatic N) is 4. The van der Waals surface area contributed by atoms with Gasteiger partial charge in [-0.15, -0.1) is 0 Å². The summed E-state index contributed by atoms with van der Waals surface area (Å²) in [7, 11) is 0. The average Bonchev–Trinajstić information content (AvgIpc) is 3.05. The van der Waals surface area contributed by atoms with E-state index in [0.29, 0.717) is 0 Å². The molecule has 0 aliphatic heterocycles. The van der Waals surface area contributed by atoms with Gasteiger partial charge in [-0.3, -0.25) is 9.08 Å². The Labute approximate surface area is 105 Å². The molecule has 3 heterocycles. The minimum absolute atomic E-state index is 0.914. The summed E-state index contributed by atoms with van der Waals surface area (Å²) < 4.78 is 3.99. The van der Waals surface area contributed by atoms with Crippen LogP contribution in [-0.4, -0.2) is 25.7 Å². The van der Waals surface area contributed by atoms with Crippen molar-refractivity contribution >= 4 is 11.5 Å². The van der Waals surface area contributed by atoms with Crippen LogP contribution < -0.4 is 5.32 Å². The number of hydrogen-bond acceptors (Lipinski definition) is 3. The number of aryl methyl sites for hydroxylation is 1. The van der Waals surface area contributed by atoms with Crippen LogP contribution in [0, 0.1) is 0 Å². The molecule has 5 heteroatoms. The van der Waals surface area contributed by atoms with E-state index in [1.165, 1.54) is 0 Å². The van der Waals surface area contributed by atoms with Crippen LogP contribution in [0.3, 0.4) is 0 Å². The topological polar surface area (TPSA) is 47.2 Å². The number of hydrogen-bond donors (Lipinski definition) is 1. The van der Waals surface area contributed by atoms with Crippen molar-refractivity contribution in [2.45, 2.75) is 13.0 Å². The Balaban J connectivity index is 1.58. The molecule has 0 amide bonds. The van der Waals surface area contributed by atoms with Gasteiger partial charge in [0.25, 0.3) is 0 Å². The maximum absolute atomic E-state index is 4.26. The number of fused-ring (bicyclic) bond motifs is 1. The van der Waals surface area contributed by atoms with E-state index >= 15 is 0 Å². The van der Waals surface area contributed by atoms with Crippen LogP contribution in [0.4, 0.5) is 5.82 Å². The monoisotopic (exact) mass is 241 g/mol. The van der Waals surface area contributed by atoms with E-state index in [9.17, 15) is 0 Å². The first-order chi connectivity index (χ1) is 8.93. The molecule has 1 N–H and O–H groups in total. The first-order valence-electron chi connectivity index (χ1n) is 6.07. The third-order valence-corrected chi connectivity index (χ3v) is 2.86. The van der Waals surface area contributed by atoms with Crippen LogP contribution in [0.2, 0.25) is 0 Å². The Morgan fingerprint density at radius 2 is 2.11 bits per heavy atom. The molecule has 0 fully saturated rings. The fraction of sp³-hybridized carbons (Fsp3) is 0.231. The molecular weight excluding hydrogens is 226 g/mol. The van der Waals surface area contributed by atoms with E-state index in [1.54, 1.807) is 6.20 Å². The quantitative estimate of drug-likeness (QED) is 0.695. The minimum atomic E-state index is 0.914. The third-order valence-electron chi connectivity index (χ3n) is 2.86. The van der Waals surface area contributed by atoms with E-state index in [4.69, 9.17) is 0 Å². The van der Waals surface area contributed by atoms with E-state index in [-0.39, 0.29) is 0 Å². The van der Waals surface area contributed by atoms with Gasteiger partial charge in [0.1, 0.15) is 11.5 Å². The van der Waals surface area contributed by atoms with E-state index in [0.717, 1.165) is 31.0 Å². The highest BCUT2D eigenvalue weighted by atomic mass is 15.3. The van der Waals surface area contributed by atoms with Gasteiger partial charge in [0.15, 0.2) is 0 Å². The van der Waals surface area contributed by atoms with Gasteiger partial charge in [0, 0.05) is 37.9 Å². The molecule has 0 aliphatic rings. The molecule has 0 atom stereocenters. The van der Waals surface area contributed by atoms with E-state index in [1.807, 2.05) is 45.9 Å². The van der Waals surface area contributed by atoms with Gasteiger partial charge in [-0.05, 0) is 24.6 Å². The predicted octanol–water partition coefficient (Wildman–Crippen LogP) is 2.03. The molecule has 3 rings (SSSR count). The zero-order chi connectivity index (χ0) is 12.2. The second-order valence-corrected chi connectivity index (χ2v) is 4.12. The molecule has 0 saturated heterocycles. The summed E-state index contributed by atoms with van der Waals surface area (Å²) in [6, 6.07) is 8.01. The number of rotatable bonds is 5. The van der Waals surface area contributed by atoms with Crippen molar-refractivity contribution in [1.82, 2.24) is 19.2 Å². The Morgan fingerprint density at radius 3 is 3.00 bits per heavy atom. The number of imidazole rings is 1. The summed E-state index contributed by atoms with van der Waals surface area (Å²) in [5.41, 5.74) is 0.965. The van der Waals surface area contributed by atoms with Crippen molar-refractivity contribution in [2.24, 2.45) is 0 Å². The molecule has 0 radical (unpaired) electrons. The number of aromatic nitrogens is 4. The van der Waals surface area contributed by atoms with Crippen molar-refractivity contribution < 1.29 is 0 Å². The van der Waals surface area contributed by atoms with Gasteiger partial charge >= 0.3 is 0 Å². The second kappa shape index (κ2) is 4.91. The average molecular weight is 241 g/mol. The number of nitrogens with one attached hydrogen (secondary N) is 1. The lowest BCUT2D eigenvalue weighted by Gasteiger charge is -2.08. The number of pyridine rings is 1. The second-order valence-electron chi connectivity index (χ2n) is 4.12. The minimum Gasteiger partial charge on any atom is -0.371 e. The van der Waals surface area contributed by atoms with Crippen LogP contribution in [-0.2, 0) is 6.54 Å². The van der Waals surface area contributed by atoms with Gasteiger partial charge in [-0.1, -0.05) is 6.07 Å². The molecule has 92 valence electrons. The van der Waals surface area contributed by atoms with Crippen LogP contribution in [0.15, 0.2) is 49.1 Å². The van der Waals surface area contributed by atoms with Gasteiger partial charge in [-0.2, -0.15) is 5.10 Å². The van der Waals surface area contributed by atoms with E-state index in [2.05, 4.69) is 21.5 Å². The Morgan fingerprint density at radius 1 is 1.11 bits per heavy atom. The van der Waals surface area contributed by atoms with Crippen LogP contribution in [0.25, 0.3) is 5.65 Å². The summed E-state index contributed by atoms with van der Waals surface area (Å²) in [6.07, 6.45) is 8.60. The zero-order valence-electron chi connectivity index (χ0n) is 10.0. The molecule has 3 aromatic rings. The first kappa shape index (κ1) is 10.8. The third kappa shape index (κ3) is 2.20. The Hall–Kier alpha value is -2.30. The summed E-state index contributed by atoms with van der Waals surface area (Å²) in [5, 5.41) is 7.59. The van der Waals surface area contributed by atoms with Crippen LogP contribution in [0.1, 0.15) is 6.42 Å². The molecule has 0 aromatic carbocycles. The summed E-state index contributed by atoms with van der Waals surface area (Å²) in [6.45, 7) is 1.84. The molecule has 0 saturated carbocycles. The first-order valence-corrected chi connectivity index (χ1v) is 6.07. The maximum Gasteiger partial charge on any atom is 0.138 e. The van der Waals surface area contributed by atoms with Gasteiger partial charge in [0.05, 0.1) is 0 Å². The highest BCUT2D eigenvalue weighted by Gasteiger charge is 1.99. The molecule has 0 aliphatic carbocycles. The van der Waals surface area contributed by atoms with Gasteiger partial charge in [-0.25, -0.2) is 4.98 Å². The molecular formula is C13H15N5. The summed E-state index contributed by atoms with van der Waals surface area (Å²) in [4.78, 5) is 4.26. The highest BCUT2D eigenvalue weighted by Crippen LogP contribution is 2.10. The van der Waals surface area contributed by atoms with Crippen molar-refractivity contribution in [1.29, 1.82) is 0 Å².